The van der Waals surface area contributed by atoms with Crippen molar-refractivity contribution in [2.24, 2.45) is 5.92 Å². The van der Waals surface area contributed by atoms with Gasteiger partial charge in [-0.25, -0.2) is 4.98 Å². The van der Waals surface area contributed by atoms with Crippen LogP contribution in [0.25, 0.3) is 0 Å². The van der Waals surface area contributed by atoms with Crippen molar-refractivity contribution in [3.05, 3.63) is 42.4 Å². The normalized spacial score (nSPS) is 12.0. The maximum absolute atomic E-state index is 5.98. The molecule has 2 aromatic rings. The Hall–Kier alpha value is -1.46. The lowest BCUT2D eigenvalue weighted by Gasteiger charge is -2.22. The second-order valence-electron chi connectivity index (χ2n) is 8.68. The molecule has 1 atom stereocenters. The number of anilines is 1. The average Bonchev–Trinajstić information content (AvgIpc) is 2.80. The van der Waals surface area contributed by atoms with E-state index in [0.29, 0.717) is 5.92 Å². The molecule has 1 unspecified atom stereocenters. The second-order valence-corrected chi connectivity index (χ2v) is 10.2. The number of hydrogen-bond donors (Lipinski definition) is 1. The zero-order valence-corrected chi connectivity index (χ0v) is 21.9. The number of nitrogens with one attached hydrogen (secondary N) is 1. The second kappa shape index (κ2) is 16.2. The standard InChI is InChI=1S/C27H41N3S2/c1-4-6-8-10-11-13-15-23(14-12-9-7-5-2)26(31)30-25-22(3)16-21-29-27(25)32-24-17-19-28-20-18-24/h16-21,23H,4-15H2,1-3H3,(H,30,31). The Balaban J connectivity index is 2.03. The molecule has 5 heteroatoms. The van der Waals surface area contributed by atoms with Crippen molar-refractivity contribution in [1.82, 2.24) is 9.97 Å². The molecule has 0 spiro atoms. The van der Waals surface area contributed by atoms with Gasteiger partial charge in [0.25, 0.3) is 0 Å². The van der Waals surface area contributed by atoms with Crippen molar-refractivity contribution in [2.75, 3.05) is 5.32 Å². The highest BCUT2D eigenvalue weighted by atomic mass is 32.2. The van der Waals surface area contributed by atoms with E-state index in [2.05, 4.69) is 42.1 Å². The molecule has 1 N–H and O–H groups in total. The Morgan fingerprint density at radius 1 is 0.875 bits per heavy atom. The van der Waals surface area contributed by atoms with Gasteiger partial charge in [-0.05, 0) is 43.5 Å². The molecule has 176 valence electrons. The number of rotatable bonds is 16. The molecule has 0 fully saturated rings. The van der Waals surface area contributed by atoms with E-state index in [1.54, 1.807) is 11.8 Å². The fraction of sp³-hybridized carbons (Fsp3) is 0.593. The first-order valence-electron chi connectivity index (χ1n) is 12.5. The summed E-state index contributed by atoms with van der Waals surface area (Å²) in [6.07, 6.45) is 21.0. The van der Waals surface area contributed by atoms with Gasteiger partial charge in [0, 0.05) is 29.4 Å². The summed E-state index contributed by atoms with van der Waals surface area (Å²) < 4.78 is 0. The third-order valence-corrected chi connectivity index (χ3v) is 7.37. The highest BCUT2D eigenvalue weighted by Gasteiger charge is 2.18. The van der Waals surface area contributed by atoms with Crippen LogP contribution in [0.15, 0.2) is 46.7 Å². The molecular weight excluding hydrogens is 430 g/mol. The molecule has 0 aromatic carbocycles. The molecule has 0 saturated carbocycles. The predicted molar refractivity (Wildman–Crippen MR) is 144 cm³/mol. The van der Waals surface area contributed by atoms with E-state index in [1.807, 2.05) is 30.7 Å². The van der Waals surface area contributed by atoms with Crippen LogP contribution in [0, 0.1) is 12.8 Å². The largest absolute Gasteiger partial charge is 0.347 e. The van der Waals surface area contributed by atoms with E-state index in [9.17, 15) is 0 Å². The summed E-state index contributed by atoms with van der Waals surface area (Å²) in [7, 11) is 0. The highest BCUT2D eigenvalue weighted by molar-refractivity contribution is 7.99. The van der Waals surface area contributed by atoms with Crippen LogP contribution in [0.4, 0.5) is 5.69 Å². The first-order chi connectivity index (χ1) is 15.7. The van der Waals surface area contributed by atoms with Gasteiger partial charge in [0.05, 0.1) is 10.7 Å². The molecule has 32 heavy (non-hydrogen) atoms. The number of thiocarbonyl (C=S) groups is 1. The molecular formula is C27H41N3S2. The minimum absolute atomic E-state index is 0.450. The summed E-state index contributed by atoms with van der Waals surface area (Å²) in [5.41, 5.74) is 2.24. The average molecular weight is 472 g/mol. The molecule has 0 aliphatic carbocycles. The van der Waals surface area contributed by atoms with E-state index < -0.39 is 0 Å². The van der Waals surface area contributed by atoms with Gasteiger partial charge in [0.2, 0.25) is 0 Å². The topological polar surface area (TPSA) is 37.8 Å². The lowest BCUT2D eigenvalue weighted by Crippen LogP contribution is -2.22. The molecule has 2 aromatic heterocycles. The Kier molecular flexibility index (Phi) is 13.6. The molecule has 2 heterocycles. The lowest BCUT2D eigenvalue weighted by atomic mass is 9.94. The van der Waals surface area contributed by atoms with Crippen molar-refractivity contribution < 1.29 is 0 Å². The monoisotopic (exact) mass is 471 g/mol. The van der Waals surface area contributed by atoms with Crippen molar-refractivity contribution in [1.29, 1.82) is 0 Å². The number of aryl methyl sites for hydroxylation is 1. The molecule has 0 aliphatic rings. The number of pyridine rings is 2. The summed E-state index contributed by atoms with van der Waals surface area (Å²) in [4.78, 5) is 10.9. The van der Waals surface area contributed by atoms with Crippen molar-refractivity contribution in [3.8, 4) is 0 Å². The van der Waals surface area contributed by atoms with Crippen LogP contribution >= 0.6 is 24.0 Å². The lowest BCUT2D eigenvalue weighted by molar-refractivity contribution is 0.491. The van der Waals surface area contributed by atoms with Gasteiger partial charge in [-0.2, -0.15) is 0 Å². The van der Waals surface area contributed by atoms with E-state index in [0.717, 1.165) is 20.6 Å². The van der Waals surface area contributed by atoms with Crippen molar-refractivity contribution in [2.45, 2.75) is 108 Å². The van der Waals surface area contributed by atoms with Crippen LogP contribution in [-0.4, -0.2) is 15.0 Å². The van der Waals surface area contributed by atoms with Crippen LogP contribution in [0.1, 0.15) is 96.5 Å². The summed E-state index contributed by atoms with van der Waals surface area (Å²) in [6, 6.07) is 6.10. The zero-order valence-electron chi connectivity index (χ0n) is 20.2. The van der Waals surface area contributed by atoms with E-state index >= 15 is 0 Å². The third kappa shape index (κ3) is 9.99. The predicted octanol–water partition coefficient (Wildman–Crippen LogP) is 9.01. The van der Waals surface area contributed by atoms with Crippen LogP contribution < -0.4 is 5.32 Å². The minimum atomic E-state index is 0.450. The van der Waals surface area contributed by atoms with Gasteiger partial charge in [-0.3, -0.25) is 4.98 Å². The Morgan fingerprint density at radius 3 is 2.12 bits per heavy atom. The molecule has 0 amide bonds. The fourth-order valence-corrected chi connectivity index (χ4v) is 5.15. The molecule has 0 saturated heterocycles. The quantitative estimate of drug-likeness (QED) is 0.195. The van der Waals surface area contributed by atoms with Crippen LogP contribution in [-0.2, 0) is 0 Å². The summed E-state index contributed by atoms with van der Waals surface area (Å²) >= 11 is 7.64. The third-order valence-electron chi connectivity index (χ3n) is 5.92. The minimum Gasteiger partial charge on any atom is -0.347 e. The van der Waals surface area contributed by atoms with Gasteiger partial charge in [0.1, 0.15) is 5.03 Å². The molecule has 3 nitrogen and oxygen atoms in total. The molecule has 0 bridgehead atoms. The van der Waals surface area contributed by atoms with Crippen LogP contribution in [0.2, 0.25) is 0 Å². The van der Waals surface area contributed by atoms with Crippen molar-refractivity contribution in [3.63, 3.8) is 0 Å². The highest BCUT2D eigenvalue weighted by Crippen LogP contribution is 2.34. The molecule has 0 aliphatic heterocycles. The number of hydrogen-bond acceptors (Lipinski definition) is 4. The van der Waals surface area contributed by atoms with E-state index in [1.165, 1.54) is 82.6 Å². The first kappa shape index (κ1) is 26.8. The van der Waals surface area contributed by atoms with Gasteiger partial charge in [-0.1, -0.05) is 102 Å². The molecule has 2 rings (SSSR count). The Labute approximate surface area is 205 Å². The summed E-state index contributed by atoms with van der Waals surface area (Å²) in [5, 5.41) is 4.61. The SMILES string of the molecule is CCCCCCCCC(CCCCCC)C(=S)Nc1c(C)ccnc1Sc1ccncc1. The van der Waals surface area contributed by atoms with Gasteiger partial charge >= 0.3 is 0 Å². The van der Waals surface area contributed by atoms with Gasteiger partial charge in [-0.15, -0.1) is 0 Å². The van der Waals surface area contributed by atoms with Gasteiger partial charge < -0.3 is 5.32 Å². The summed E-state index contributed by atoms with van der Waals surface area (Å²) in [5.74, 6) is 0.450. The van der Waals surface area contributed by atoms with E-state index in [-0.39, 0.29) is 0 Å². The van der Waals surface area contributed by atoms with Crippen LogP contribution in [0.3, 0.4) is 0 Å². The Morgan fingerprint density at radius 2 is 1.47 bits per heavy atom. The maximum Gasteiger partial charge on any atom is 0.125 e. The number of unbranched alkanes of at least 4 members (excludes halogenated alkanes) is 8. The van der Waals surface area contributed by atoms with E-state index in [4.69, 9.17) is 12.2 Å². The maximum atomic E-state index is 5.98. The smallest absolute Gasteiger partial charge is 0.125 e. The van der Waals surface area contributed by atoms with Gasteiger partial charge in [0.15, 0.2) is 0 Å². The Bertz CT molecular complexity index is 780. The molecule has 0 radical (unpaired) electrons. The van der Waals surface area contributed by atoms with Crippen LogP contribution in [0.5, 0.6) is 0 Å². The summed E-state index contributed by atoms with van der Waals surface area (Å²) in [6.45, 7) is 6.68. The van der Waals surface area contributed by atoms with Crippen molar-refractivity contribution >= 4 is 34.7 Å². The number of aromatic nitrogens is 2. The number of nitrogens with zero attached hydrogens (tertiary/aromatic N) is 2. The fourth-order valence-electron chi connectivity index (χ4n) is 3.90. The first-order valence-corrected chi connectivity index (χ1v) is 13.7. The zero-order chi connectivity index (χ0) is 23.0.